The molecule has 0 aliphatic carbocycles. The maximum absolute atomic E-state index is 14.1. The van der Waals surface area contributed by atoms with Gasteiger partial charge < -0.3 is 4.90 Å². The molecule has 1 aromatic carbocycles. The summed E-state index contributed by atoms with van der Waals surface area (Å²) in [5, 5.41) is 5.01. The van der Waals surface area contributed by atoms with Gasteiger partial charge in [-0.05, 0) is 15.9 Å². The Morgan fingerprint density at radius 3 is 2.69 bits per heavy atom. The van der Waals surface area contributed by atoms with Gasteiger partial charge in [0.15, 0.2) is 5.82 Å². The van der Waals surface area contributed by atoms with Crippen molar-refractivity contribution in [3.05, 3.63) is 21.5 Å². The van der Waals surface area contributed by atoms with Crippen molar-refractivity contribution >= 4 is 44.1 Å². The van der Waals surface area contributed by atoms with E-state index < -0.39 is 5.82 Å². The van der Waals surface area contributed by atoms with Gasteiger partial charge >= 0.3 is 0 Å². The lowest BCUT2D eigenvalue weighted by Crippen LogP contribution is -2.13. The molecule has 0 fully saturated rings. The van der Waals surface area contributed by atoms with Gasteiger partial charge in [-0.2, -0.15) is 5.10 Å². The van der Waals surface area contributed by atoms with Gasteiger partial charge in [-0.25, -0.2) is 4.39 Å². The van der Waals surface area contributed by atoms with Crippen molar-refractivity contribution in [2.45, 2.75) is 0 Å². The fourth-order valence-corrected chi connectivity index (χ4v) is 2.37. The Hall–Kier alpha value is -0.810. The third-order valence-electron chi connectivity index (χ3n) is 2.44. The fraction of sp³-hybridized carbons (Fsp3) is 0.300. The topological polar surface area (TPSA) is 21.1 Å². The van der Waals surface area contributed by atoms with E-state index in [9.17, 15) is 4.39 Å². The third-order valence-corrected chi connectivity index (χ3v) is 3.85. The Balaban J connectivity index is 3.01. The van der Waals surface area contributed by atoms with E-state index in [1.807, 2.05) is 0 Å². The number of hydrogen-bond donors (Lipinski definition) is 0. The second-order valence-corrected chi connectivity index (χ2v) is 4.89. The summed E-state index contributed by atoms with van der Waals surface area (Å²) in [6.45, 7) is 0. The van der Waals surface area contributed by atoms with Crippen LogP contribution in [0.4, 0.5) is 10.1 Å². The smallest absolute Gasteiger partial charge is 0.168 e. The van der Waals surface area contributed by atoms with Crippen molar-refractivity contribution in [1.82, 2.24) is 9.78 Å². The summed E-state index contributed by atoms with van der Waals surface area (Å²) >= 11 is 9.21. The normalized spacial score (nSPS) is 11.1. The summed E-state index contributed by atoms with van der Waals surface area (Å²) in [4.78, 5) is 1.69. The van der Waals surface area contributed by atoms with Crippen LogP contribution in [-0.2, 0) is 7.05 Å². The SMILES string of the molecule is CN(C)c1c(F)c(Cl)c(Br)c2cnn(C)c12. The quantitative estimate of drug-likeness (QED) is 0.755. The maximum Gasteiger partial charge on any atom is 0.168 e. The molecule has 0 aliphatic heterocycles. The molecule has 0 N–H and O–H groups in total. The number of fused-ring (bicyclic) bond motifs is 1. The number of nitrogens with zero attached hydrogens (tertiary/aromatic N) is 3. The average Bonchev–Trinajstić information content (AvgIpc) is 2.58. The van der Waals surface area contributed by atoms with Crippen molar-refractivity contribution in [3.8, 4) is 0 Å². The molecule has 86 valence electrons. The van der Waals surface area contributed by atoms with Crippen molar-refractivity contribution in [1.29, 1.82) is 0 Å². The van der Waals surface area contributed by atoms with Crippen LogP contribution in [0.15, 0.2) is 10.7 Å². The molecule has 0 amide bonds. The molecule has 0 bridgehead atoms. The molecular weight excluding hydrogens is 296 g/mol. The van der Waals surface area contributed by atoms with Crippen LogP contribution in [-0.4, -0.2) is 23.9 Å². The van der Waals surface area contributed by atoms with Gasteiger partial charge in [-0.3, -0.25) is 4.68 Å². The van der Waals surface area contributed by atoms with Crippen LogP contribution in [0.25, 0.3) is 10.9 Å². The van der Waals surface area contributed by atoms with E-state index in [-0.39, 0.29) is 5.02 Å². The molecule has 1 heterocycles. The van der Waals surface area contributed by atoms with Crippen LogP contribution in [0.3, 0.4) is 0 Å². The van der Waals surface area contributed by atoms with E-state index in [1.165, 1.54) is 0 Å². The first-order valence-electron chi connectivity index (χ1n) is 4.60. The van der Waals surface area contributed by atoms with Crippen LogP contribution in [0, 0.1) is 5.82 Å². The number of benzene rings is 1. The summed E-state index contributed by atoms with van der Waals surface area (Å²) in [7, 11) is 5.32. The summed E-state index contributed by atoms with van der Waals surface area (Å²) in [5.74, 6) is -0.436. The number of rotatable bonds is 1. The molecule has 0 saturated heterocycles. The number of hydrogen-bond acceptors (Lipinski definition) is 2. The number of aryl methyl sites for hydroxylation is 1. The van der Waals surface area contributed by atoms with Gasteiger partial charge in [0, 0.05) is 26.5 Å². The summed E-state index contributed by atoms with van der Waals surface area (Å²) < 4.78 is 16.2. The molecular formula is C10H10BrClFN3. The Morgan fingerprint density at radius 1 is 1.50 bits per heavy atom. The highest BCUT2D eigenvalue weighted by atomic mass is 79.9. The molecule has 0 spiro atoms. The van der Waals surface area contributed by atoms with Crippen LogP contribution in [0.5, 0.6) is 0 Å². The Bertz CT molecular complexity index is 565. The molecule has 0 aliphatic rings. The highest BCUT2D eigenvalue weighted by Crippen LogP contribution is 2.40. The Kier molecular flexibility index (Phi) is 2.84. The highest BCUT2D eigenvalue weighted by Gasteiger charge is 2.21. The summed E-state index contributed by atoms with van der Waals surface area (Å²) in [6.07, 6.45) is 1.66. The van der Waals surface area contributed by atoms with Crippen LogP contribution in [0.2, 0.25) is 5.02 Å². The third kappa shape index (κ3) is 1.50. The van der Waals surface area contributed by atoms with E-state index in [1.54, 1.807) is 36.9 Å². The predicted octanol–water partition coefficient (Wildman–Crippen LogP) is 3.19. The molecule has 0 saturated carbocycles. The molecule has 1 aromatic heterocycles. The van der Waals surface area contributed by atoms with Crippen molar-refractivity contribution in [2.24, 2.45) is 7.05 Å². The van der Waals surface area contributed by atoms with Crippen LogP contribution in [0.1, 0.15) is 0 Å². The minimum absolute atomic E-state index is 0.0872. The van der Waals surface area contributed by atoms with Crippen molar-refractivity contribution < 1.29 is 4.39 Å². The largest absolute Gasteiger partial charge is 0.373 e. The molecule has 0 unspecified atom stereocenters. The second-order valence-electron chi connectivity index (χ2n) is 3.72. The average molecular weight is 307 g/mol. The van der Waals surface area contributed by atoms with Gasteiger partial charge in [0.2, 0.25) is 0 Å². The molecule has 0 atom stereocenters. The zero-order chi connectivity index (χ0) is 12.0. The van der Waals surface area contributed by atoms with Gasteiger partial charge in [-0.15, -0.1) is 0 Å². The number of aromatic nitrogens is 2. The maximum atomic E-state index is 14.1. The molecule has 3 nitrogen and oxygen atoms in total. The first kappa shape index (κ1) is 11.7. The second kappa shape index (κ2) is 3.89. The zero-order valence-electron chi connectivity index (χ0n) is 9.05. The van der Waals surface area contributed by atoms with Gasteiger partial charge in [0.1, 0.15) is 5.69 Å². The molecule has 0 radical (unpaired) electrons. The number of anilines is 1. The summed E-state index contributed by atoms with van der Waals surface area (Å²) in [6, 6.07) is 0. The predicted molar refractivity (Wildman–Crippen MR) is 67.7 cm³/mol. The van der Waals surface area contributed by atoms with Crippen LogP contribution >= 0.6 is 27.5 Å². The van der Waals surface area contributed by atoms with E-state index in [2.05, 4.69) is 21.0 Å². The standard InChI is InChI=1S/C10H10BrClFN3/c1-15(2)10-8(13)7(12)6(11)5-4-14-16(3)9(5)10/h4H,1-3H3. The molecule has 6 heteroatoms. The molecule has 2 aromatic rings. The lowest BCUT2D eigenvalue weighted by molar-refractivity contribution is 0.626. The lowest BCUT2D eigenvalue weighted by atomic mass is 10.2. The number of halogens is 3. The van der Waals surface area contributed by atoms with Crippen molar-refractivity contribution in [3.63, 3.8) is 0 Å². The van der Waals surface area contributed by atoms with Crippen LogP contribution < -0.4 is 4.90 Å². The van der Waals surface area contributed by atoms with Gasteiger partial charge in [0.05, 0.1) is 21.2 Å². The minimum Gasteiger partial charge on any atom is -0.373 e. The molecule has 2 rings (SSSR count). The van der Waals surface area contributed by atoms with Gasteiger partial charge in [0.25, 0.3) is 0 Å². The fourth-order valence-electron chi connectivity index (χ4n) is 1.71. The lowest BCUT2D eigenvalue weighted by Gasteiger charge is -2.17. The monoisotopic (exact) mass is 305 g/mol. The summed E-state index contributed by atoms with van der Waals surface area (Å²) in [5.41, 5.74) is 1.17. The minimum atomic E-state index is -0.436. The Labute approximate surface area is 106 Å². The van der Waals surface area contributed by atoms with E-state index in [0.29, 0.717) is 10.2 Å². The zero-order valence-corrected chi connectivity index (χ0v) is 11.4. The van der Waals surface area contributed by atoms with E-state index in [4.69, 9.17) is 11.6 Å². The Morgan fingerprint density at radius 2 is 2.12 bits per heavy atom. The molecule has 16 heavy (non-hydrogen) atoms. The van der Waals surface area contributed by atoms with E-state index >= 15 is 0 Å². The first-order valence-corrected chi connectivity index (χ1v) is 5.77. The highest BCUT2D eigenvalue weighted by molar-refractivity contribution is 9.10. The van der Waals surface area contributed by atoms with E-state index in [0.717, 1.165) is 10.9 Å². The van der Waals surface area contributed by atoms with Crippen molar-refractivity contribution in [2.75, 3.05) is 19.0 Å². The van der Waals surface area contributed by atoms with Gasteiger partial charge in [-0.1, -0.05) is 11.6 Å². The first-order chi connectivity index (χ1) is 7.45.